The molecule has 0 unspecified atom stereocenters. The largest absolute Gasteiger partial charge is 0.254 e. The van der Waals surface area contributed by atoms with E-state index in [1.165, 1.54) is 21.5 Å². The first-order chi connectivity index (χ1) is 20.7. The number of aromatic nitrogens is 2. The van der Waals surface area contributed by atoms with Gasteiger partial charge in [0, 0.05) is 22.5 Å². The van der Waals surface area contributed by atoms with Crippen LogP contribution < -0.4 is 0 Å². The van der Waals surface area contributed by atoms with Crippen LogP contribution in [0.25, 0.3) is 81.7 Å². The summed E-state index contributed by atoms with van der Waals surface area (Å²) in [4.78, 5) is 13.4. The van der Waals surface area contributed by atoms with Crippen molar-refractivity contribution >= 4 is 49.0 Å². The summed E-state index contributed by atoms with van der Waals surface area (Å²) >= 11 is 0. The minimum absolute atomic E-state index is 0.648. The van der Waals surface area contributed by atoms with E-state index in [-0.39, 0.29) is 0 Å². The molecule has 3 heteroatoms. The summed E-state index contributed by atoms with van der Waals surface area (Å²) < 4.78 is 0. The number of hydrogen-bond donors (Lipinski definition) is 0. The molecule has 8 aromatic rings. The Morgan fingerprint density at radius 3 is 2.10 bits per heavy atom. The van der Waals surface area contributed by atoms with Crippen LogP contribution in [0.3, 0.4) is 0 Å². The van der Waals surface area contributed by atoms with Gasteiger partial charge in [-0.3, -0.25) is 4.98 Å². The van der Waals surface area contributed by atoms with Gasteiger partial charge in [-0.25, -0.2) is 9.83 Å². The Kier molecular flexibility index (Phi) is 5.52. The third-order valence-corrected chi connectivity index (χ3v) is 8.09. The van der Waals surface area contributed by atoms with E-state index in [4.69, 9.17) is 11.6 Å². The fraction of sp³-hybridized carbons (Fsp3) is 0. The van der Waals surface area contributed by atoms with Crippen molar-refractivity contribution in [2.24, 2.45) is 0 Å². The number of fused-ring (bicyclic) bond motifs is 5. The molecule has 42 heavy (non-hydrogen) atoms. The summed E-state index contributed by atoms with van der Waals surface area (Å²) in [6.07, 6.45) is 1.83. The van der Waals surface area contributed by atoms with Gasteiger partial charge in [-0.1, -0.05) is 103 Å². The summed E-state index contributed by atoms with van der Waals surface area (Å²) in [5.41, 5.74) is 9.06. The maximum atomic E-state index is 7.30. The van der Waals surface area contributed by atoms with Gasteiger partial charge in [0.2, 0.25) is 0 Å². The molecule has 0 atom stereocenters. The highest BCUT2D eigenvalue weighted by Crippen LogP contribution is 2.37. The quantitative estimate of drug-likeness (QED) is 0.167. The molecule has 0 radical (unpaired) electrons. The molecular formula is C39H23N3. The van der Waals surface area contributed by atoms with Crippen molar-refractivity contribution < 1.29 is 0 Å². The summed E-state index contributed by atoms with van der Waals surface area (Å²) in [5.74, 6) is 0. The first-order valence-electron chi connectivity index (χ1n) is 13.9. The Morgan fingerprint density at radius 1 is 0.476 bits per heavy atom. The van der Waals surface area contributed by atoms with Gasteiger partial charge in [0.1, 0.15) is 0 Å². The molecule has 0 spiro atoms. The molecule has 2 aromatic heterocycles. The van der Waals surface area contributed by atoms with Gasteiger partial charge in [-0.2, -0.15) is 0 Å². The van der Waals surface area contributed by atoms with Crippen molar-refractivity contribution in [3.05, 3.63) is 151 Å². The highest BCUT2D eigenvalue weighted by molar-refractivity contribution is 6.06. The minimum atomic E-state index is 0.648. The van der Waals surface area contributed by atoms with Crippen molar-refractivity contribution in [3.63, 3.8) is 0 Å². The highest BCUT2D eigenvalue weighted by Gasteiger charge is 2.13. The zero-order valence-electron chi connectivity index (χ0n) is 22.6. The smallest absolute Gasteiger partial charge is 0.187 e. The third kappa shape index (κ3) is 3.98. The molecule has 0 N–H and O–H groups in total. The zero-order valence-corrected chi connectivity index (χ0v) is 22.6. The first kappa shape index (κ1) is 24.0. The van der Waals surface area contributed by atoms with E-state index in [0.717, 1.165) is 55.3 Å². The third-order valence-electron chi connectivity index (χ3n) is 8.09. The second-order valence-electron chi connectivity index (χ2n) is 10.6. The van der Waals surface area contributed by atoms with E-state index in [1.54, 1.807) is 0 Å². The van der Waals surface area contributed by atoms with Crippen molar-refractivity contribution in [2.45, 2.75) is 0 Å². The molecule has 0 aliphatic heterocycles. The fourth-order valence-corrected chi connectivity index (χ4v) is 5.98. The Balaban J connectivity index is 1.33. The minimum Gasteiger partial charge on any atom is -0.254 e. The van der Waals surface area contributed by atoms with Crippen LogP contribution in [-0.2, 0) is 0 Å². The maximum absolute atomic E-state index is 7.30. The van der Waals surface area contributed by atoms with Gasteiger partial charge >= 0.3 is 0 Å². The van der Waals surface area contributed by atoms with E-state index < -0.39 is 0 Å². The number of benzene rings is 6. The Hall–Kier alpha value is -5.85. The van der Waals surface area contributed by atoms with Gasteiger partial charge in [-0.05, 0) is 74.1 Å². The monoisotopic (exact) mass is 533 g/mol. The standard InChI is InChI=1S/C39H23N3/c1-40-32-18-15-26(16-19-32)33-10-4-7-25-11-14-29(23-35(25)33)31-22-30-6-2-3-9-34(30)36(24-31)37-20-17-28-13-12-27-8-5-21-41-38(27)39(28)42-37/h2-24H. The van der Waals surface area contributed by atoms with E-state index in [9.17, 15) is 0 Å². The van der Waals surface area contributed by atoms with Gasteiger partial charge in [0.25, 0.3) is 0 Å². The number of hydrogen-bond acceptors (Lipinski definition) is 2. The Labute approximate surface area is 243 Å². The molecule has 0 bridgehead atoms. The summed E-state index contributed by atoms with van der Waals surface area (Å²) in [5, 5.41) is 6.87. The van der Waals surface area contributed by atoms with Crippen molar-refractivity contribution in [3.8, 4) is 33.5 Å². The molecule has 194 valence electrons. The van der Waals surface area contributed by atoms with Crippen LogP contribution in [0.15, 0.2) is 140 Å². The van der Waals surface area contributed by atoms with Crippen LogP contribution in [0.4, 0.5) is 5.69 Å². The number of pyridine rings is 2. The van der Waals surface area contributed by atoms with Crippen molar-refractivity contribution in [2.75, 3.05) is 0 Å². The number of nitrogens with zero attached hydrogens (tertiary/aromatic N) is 3. The predicted octanol–water partition coefficient (Wildman–Crippen LogP) is 10.6. The van der Waals surface area contributed by atoms with E-state index in [1.807, 2.05) is 36.5 Å². The second-order valence-corrected chi connectivity index (χ2v) is 10.6. The Bertz CT molecular complexity index is 2360. The lowest BCUT2D eigenvalue weighted by atomic mass is 9.92. The Morgan fingerprint density at radius 2 is 1.21 bits per heavy atom. The van der Waals surface area contributed by atoms with E-state index >= 15 is 0 Å². The van der Waals surface area contributed by atoms with Crippen LogP contribution in [0.5, 0.6) is 0 Å². The summed E-state index contributed by atoms with van der Waals surface area (Å²) in [6.45, 7) is 7.30. The lowest BCUT2D eigenvalue weighted by Gasteiger charge is -2.13. The van der Waals surface area contributed by atoms with E-state index in [0.29, 0.717) is 5.69 Å². The fourth-order valence-electron chi connectivity index (χ4n) is 5.98. The highest BCUT2D eigenvalue weighted by atomic mass is 14.8. The van der Waals surface area contributed by atoms with Crippen molar-refractivity contribution in [1.82, 2.24) is 9.97 Å². The molecule has 0 aliphatic carbocycles. The van der Waals surface area contributed by atoms with Crippen molar-refractivity contribution in [1.29, 1.82) is 0 Å². The lowest BCUT2D eigenvalue weighted by molar-refractivity contribution is 1.37. The summed E-state index contributed by atoms with van der Waals surface area (Å²) in [7, 11) is 0. The molecule has 0 amide bonds. The van der Waals surface area contributed by atoms with Crippen LogP contribution in [0.1, 0.15) is 0 Å². The molecule has 0 fully saturated rings. The van der Waals surface area contributed by atoms with Gasteiger partial charge in [0.05, 0.1) is 23.3 Å². The summed E-state index contributed by atoms with van der Waals surface area (Å²) in [6, 6.07) is 46.5. The van der Waals surface area contributed by atoms with Crippen LogP contribution >= 0.6 is 0 Å². The molecule has 0 aliphatic rings. The van der Waals surface area contributed by atoms with E-state index in [2.05, 4.69) is 113 Å². The molecule has 0 saturated heterocycles. The van der Waals surface area contributed by atoms with Crippen LogP contribution in [0.2, 0.25) is 0 Å². The first-order valence-corrected chi connectivity index (χ1v) is 13.9. The van der Waals surface area contributed by atoms with Gasteiger partial charge < -0.3 is 0 Å². The molecule has 3 nitrogen and oxygen atoms in total. The molecular weight excluding hydrogens is 510 g/mol. The van der Waals surface area contributed by atoms with Crippen LogP contribution in [0, 0.1) is 6.57 Å². The molecule has 6 aromatic carbocycles. The van der Waals surface area contributed by atoms with Gasteiger partial charge in [-0.15, -0.1) is 0 Å². The second kappa shape index (κ2) is 9.66. The zero-order chi connectivity index (χ0) is 28.0. The molecule has 2 heterocycles. The average molecular weight is 534 g/mol. The van der Waals surface area contributed by atoms with Crippen LogP contribution in [-0.4, -0.2) is 9.97 Å². The van der Waals surface area contributed by atoms with Gasteiger partial charge in [0.15, 0.2) is 5.69 Å². The average Bonchev–Trinajstić information content (AvgIpc) is 3.07. The predicted molar refractivity (Wildman–Crippen MR) is 175 cm³/mol. The molecule has 0 saturated carbocycles. The molecule has 8 rings (SSSR count). The maximum Gasteiger partial charge on any atom is 0.187 e. The SMILES string of the molecule is [C-]#[N+]c1ccc(-c2cccc3ccc(-c4cc(-c5ccc6ccc7cccnc7c6n5)c5ccccc5c4)cc23)cc1. The number of rotatable bonds is 3. The normalized spacial score (nSPS) is 11.3. The lowest BCUT2D eigenvalue weighted by Crippen LogP contribution is -1.91. The topological polar surface area (TPSA) is 30.1 Å².